The molecule has 0 spiro atoms. The van der Waals surface area contributed by atoms with E-state index >= 15 is 0 Å². The topological polar surface area (TPSA) is 88.3 Å². The van der Waals surface area contributed by atoms with Crippen LogP contribution in [0.1, 0.15) is 27.3 Å². The standard InChI is InChI=1S/C15H16N4O3S2/c1-8-16-17-12-7-19(10(15(21)22)6-18(8)12)14(20)13-9-2-4-23-11(9)3-5-24-13/h2,4,10,13H,3,5-7H2,1H3,(H,21,22). The lowest BCUT2D eigenvalue weighted by Crippen LogP contribution is -2.52. The Morgan fingerprint density at radius 2 is 2.21 bits per heavy atom. The molecule has 0 bridgehead atoms. The second-order valence-corrected chi connectivity index (χ2v) is 8.11. The predicted molar refractivity (Wildman–Crippen MR) is 90.0 cm³/mol. The fourth-order valence-corrected chi connectivity index (χ4v) is 5.62. The van der Waals surface area contributed by atoms with Crippen LogP contribution in [0.15, 0.2) is 11.4 Å². The number of carboxylic acid groups (broad SMARTS) is 1. The Bertz CT molecular complexity index is 816. The molecule has 2 aromatic rings. The van der Waals surface area contributed by atoms with E-state index in [9.17, 15) is 14.7 Å². The van der Waals surface area contributed by atoms with Crippen LogP contribution in [0.25, 0.3) is 0 Å². The maximum atomic E-state index is 13.1. The van der Waals surface area contributed by atoms with E-state index in [1.54, 1.807) is 34.6 Å². The average Bonchev–Trinajstić information content (AvgIpc) is 3.19. The summed E-state index contributed by atoms with van der Waals surface area (Å²) in [7, 11) is 0. The first-order chi connectivity index (χ1) is 11.6. The highest BCUT2D eigenvalue weighted by molar-refractivity contribution is 8.00. The predicted octanol–water partition coefficient (Wildman–Crippen LogP) is 1.47. The van der Waals surface area contributed by atoms with Gasteiger partial charge in [-0.05, 0) is 36.1 Å². The number of thiophene rings is 1. The Labute approximate surface area is 146 Å². The lowest BCUT2D eigenvalue weighted by atomic mass is 10.1. The Balaban J connectivity index is 1.67. The molecule has 0 saturated heterocycles. The van der Waals surface area contributed by atoms with Crippen molar-refractivity contribution in [3.8, 4) is 0 Å². The highest BCUT2D eigenvalue weighted by Gasteiger charge is 2.40. The van der Waals surface area contributed by atoms with Crippen LogP contribution >= 0.6 is 23.1 Å². The Kier molecular flexibility index (Phi) is 3.84. The van der Waals surface area contributed by atoms with Crippen molar-refractivity contribution in [3.63, 3.8) is 0 Å². The number of hydrogen-bond donors (Lipinski definition) is 1. The fourth-order valence-electron chi connectivity index (χ4n) is 3.26. The summed E-state index contributed by atoms with van der Waals surface area (Å²) in [4.78, 5) is 27.6. The van der Waals surface area contributed by atoms with E-state index in [0.717, 1.165) is 17.7 Å². The van der Waals surface area contributed by atoms with Crippen molar-refractivity contribution in [3.05, 3.63) is 33.5 Å². The van der Waals surface area contributed by atoms with Crippen LogP contribution in [0.3, 0.4) is 0 Å². The van der Waals surface area contributed by atoms with Gasteiger partial charge in [0.25, 0.3) is 0 Å². The number of hydrogen-bond acceptors (Lipinski definition) is 6. The van der Waals surface area contributed by atoms with Crippen molar-refractivity contribution < 1.29 is 14.7 Å². The number of amides is 1. The normalized spacial score (nSPS) is 22.8. The lowest BCUT2D eigenvalue weighted by molar-refractivity contribution is -0.152. The maximum absolute atomic E-state index is 13.1. The van der Waals surface area contributed by atoms with Crippen molar-refractivity contribution >= 4 is 35.0 Å². The fraction of sp³-hybridized carbons (Fsp3) is 0.467. The molecule has 7 nitrogen and oxygen atoms in total. The summed E-state index contributed by atoms with van der Waals surface area (Å²) in [5, 5.41) is 19.4. The molecule has 2 aliphatic heterocycles. The molecule has 9 heteroatoms. The molecule has 2 atom stereocenters. The second kappa shape index (κ2) is 5.89. The van der Waals surface area contributed by atoms with Gasteiger partial charge in [-0.3, -0.25) is 4.79 Å². The molecule has 4 heterocycles. The molecule has 4 rings (SSSR count). The number of fused-ring (bicyclic) bond motifs is 2. The number of carbonyl (C=O) groups is 2. The SMILES string of the molecule is Cc1nnc2n1CC(C(=O)O)N(C(=O)C1SCCc3sccc31)C2. The van der Waals surface area contributed by atoms with Gasteiger partial charge >= 0.3 is 5.97 Å². The third kappa shape index (κ3) is 2.42. The third-order valence-corrected chi connectivity index (χ3v) is 6.75. The van der Waals surface area contributed by atoms with Crippen LogP contribution in [0.2, 0.25) is 0 Å². The third-order valence-electron chi connectivity index (χ3n) is 4.52. The minimum atomic E-state index is -0.992. The minimum absolute atomic E-state index is 0.140. The summed E-state index contributed by atoms with van der Waals surface area (Å²) in [5.74, 6) is 1.07. The molecule has 2 unspecified atom stereocenters. The van der Waals surface area contributed by atoms with E-state index in [1.807, 2.05) is 11.4 Å². The number of thioether (sulfide) groups is 1. The van der Waals surface area contributed by atoms with Gasteiger partial charge in [-0.2, -0.15) is 0 Å². The molecular formula is C15H16N4O3S2. The average molecular weight is 364 g/mol. The first kappa shape index (κ1) is 15.6. The maximum Gasteiger partial charge on any atom is 0.328 e. The quantitative estimate of drug-likeness (QED) is 0.868. The van der Waals surface area contributed by atoms with Crippen molar-refractivity contribution in [2.45, 2.75) is 37.7 Å². The molecule has 0 aliphatic carbocycles. The molecule has 0 aromatic carbocycles. The highest BCUT2D eigenvalue weighted by Crippen LogP contribution is 2.41. The van der Waals surface area contributed by atoms with Gasteiger partial charge < -0.3 is 14.6 Å². The van der Waals surface area contributed by atoms with Crippen LogP contribution in [-0.4, -0.2) is 48.4 Å². The van der Waals surface area contributed by atoms with Gasteiger partial charge in [-0.25, -0.2) is 4.79 Å². The zero-order valence-corrected chi connectivity index (χ0v) is 14.6. The van der Waals surface area contributed by atoms with E-state index in [2.05, 4.69) is 10.2 Å². The number of carboxylic acids is 1. The zero-order valence-electron chi connectivity index (χ0n) is 13.0. The van der Waals surface area contributed by atoms with Gasteiger partial charge in [-0.1, -0.05) is 0 Å². The van der Waals surface area contributed by atoms with Gasteiger partial charge in [0.05, 0.1) is 13.1 Å². The molecule has 2 aliphatic rings. The lowest BCUT2D eigenvalue weighted by Gasteiger charge is -2.36. The summed E-state index contributed by atoms with van der Waals surface area (Å²) in [5.41, 5.74) is 1.04. The Hall–Kier alpha value is -1.87. The van der Waals surface area contributed by atoms with Crippen LogP contribution < -0.4 is 0 Å². The van der Waals surface area contributed by atoms with E-state index in [1.165, 1.54) is 9.78 Å². The van der Waals surface area contributed by atoms with Gasteiger partial charge in [0.15, 0.2) is 5.82 Å². The molecule has 0 saturated carbocycles. The molecule has 1 amide bonds. The van der Waals surface area contributed by atoms with E-state index in [0.29, 0.717) is 11.6 Å². The van der Waals surface area contributed by atoms with Crippen molar-refractivity contribution in [1.82, 2.24) is 19.7 Å². The summed E-state index contributed by atoms with van der Waals surface area (Å²) in [6.07, 6.45) is 0.970. The first-order valence-electron chi connectivity index (χ1n) is 7.66. The van der Waals surface area contributed by atoms with Crippen LogP contribution in [-0.2, 0) is 29.1 Å². The number of aryl methyl sites for hydroxylation is 2. The molecule has 1 N–H and O–H groups in total. The highest BCUT2D eigenvalue weighted by atomic mass is 32.2. The largest absolute Gasteiger partial charge is 0.480 e. The first-order valence-corrected chi connectivity index (χ1v) is 9.59. The van der Waals surface area contributed by atoms with Gasteiger partial charge in [0, 0.05) is 4.88 Å². The van der Waals surface area contributed by atoms with Crippen LogP contribution in [0.4, 0.5) is 0 Å². The number of carbonyl (C=O) groups excluding carboxylic acids is 1. The van der Waals surface area contributed by atoms with Crippen LogP contribution in [0, 0.1) is 6.92 Å². The van der Waals surface area contributed by atoms with Crippen molar-refractivity contribution in [1.29, 1.82) is 0 Å². The van der Waals surface area contributed by atoms with E-state index in [4.69, 9.17) is 0 Å². The second-order valence-electron chi connectivity index (χ2n) is 5.89. The summed E-state index contributed by atoms with van der Waals surface area (Å²) in [6, 6.07) is 1.10. The van der Waals surface area contributed by atoms with E-state index in [-0.39, 0.29) is 24.2 Å². The number of aromatic nitrogens is 3. The smallest absolute Gasteiger partial charge is 0.328 e. The molecule has 0 fully saturated rings. The van der Waals surface area contributed by atoms with E-state index < -0.39 is 12.0 Å². The molecule has 2 aromatic heterocycles. The number of rotatable bonds is 2. The summed E-state index contributed by atoms with van der Waals surface area (Å²) >= 11 is 3.26. The molecule has 126 valence electrons. The van der Waals surface area contributed by atoms with Crippen LogP contribution in [0.5, 0.6) is 0 Å². The minimum Gasteiger partial charge on any atom is -0.480 e. The monoisotopic (exact) mass is 364 g/mol. The Morgan fingerprint density at radius 3 is 3.00 bits per heavy atom. The number of aliphatic carboxylic acids is 1. The number of nitrogens with zero attached hydrogens (tertiary/aromatic N) is 4. The summed E-state index contributed by atoms with van der Waals surface area (Å²) in [6.45, 7) is 2.18. The zero-order chi connectivity index (χ0) is 16.8. The Morgan fingerprint density at radius 1 is 1.38 bits per heavy atom. The molecule has 0 radical (unpaired) electrons. The molecular weight excluding hydrogens is 348 g/mol. The molecule has 24 heavy (non-hydrogen) atoms. The van der Waals surface area contributed by atoms with Crippen molar-refractivity contribution in [2.75, 3.05) is 5.75 Å². The van der Waals surface area contributed by atoms with Gasteiger partial charge in [-0.15, -0.1) is 33.3 Å². The van der Waals surface area contributed by atoms with Gasteiger partial charge in [0.2, 0.25) is 5.91 Å². The summed E-state index contributed by atoms with van der Waals surface area (Å²) < 4.78 is 1.78. The van der Waals surface area contributed by atoms with Gasteiger partial charge in [0.1, 0.15) is 17.1 Å². The van der Waals surface area contributed by atoms with Crippen molar-refractivity contribution in [2.24, 2.45) is 0 Å².